The van der Waals surface area contributed by atoms with Crippen LogP contribution in [0.2, 0.25) is 5.02 Å². The first-order valence-electron chi connectivity index (χ1n) is 9.81. The van der Waals surface area contributed by atoms with Crippen LogP contribution in [0.3, 0.4) is 0 Å². The lowest BCUT2D eigenvalue weighted by Gasteiger charge is -2.30. The third-order valence-electron chi connectivity index (χ3n) is 4.95. The Labute approximate surface area is 178 Å². The number of carbonyl (C=O) groups excluding carboxylic acids is 2. The summed E-state index contributed by atoms with van der Waals surface area (Å²) >= 11 is 6.24. The zero-order valence-corrected chi connectivity index (χ0v) is 18.2. The van der Waals surface area contributed by atoms with E-state index in [0.717, 1.165) is 17.5 Å². The number of carbonyl (C=O) groups is 2. The van der Waals surface area contributed by atoms with E-state index in [1.54, 1.807) is 25.0 Å². The fraction of sp³-hybridized carbons (Fsp3) is 0.391. The van der Waals surface area contributed by atoms with E-state index in [1.807, 2.05) is 56.3 Å². The Morgan fingerprint density at radius 2 is 1.86 bits per heavy atom. The number of nitrogens with one attached hydrogen (secondary N) is 1. The summed E-state index contributed by atoms with van der Waals surface area (Å²) in [6.45, 7) is 6.01. The predicted octanol–water partition coefficient (Wildman–Crippen LogP) is 4.22. The minimum Gasteiger partial charge on any atom is -0.497 e. The van der Waals surface area contributed by atoms with Crippen molar-refractivity contribution < 1.29 is 14.3 Å². The lowest BCUT2D eigenvalue weighted by Crippen LogP contribution is -2.49. The van der Waals surface area contributed by atoms with Crippen LogP contribution in [-0.2, 0) is 22.6 Å². The molecule has 1 N–H and O–H groups in total. The van der Waals surface area contributed by atoms with Gasteiger partial charge in [0.1, 0.15) is 11.8 Å². The second kappa shape index (κ2) is 10.9. The monoisotopic (exact) mass is 416 g/mol. The summed E-state index contributed by atoms with van der Waals surface area (Å²) in [5.74, 6) is 0.375. The molecule has 156 valence electrons. The number of nitrogens with zero attached hydrogens (tertiary/aromatic N) is 1. The number of rotatable bonds is 9. The second-order valence-corrected chi connectivity index (χ2v) is 7.54. The molecule has 6 heteroatoms. The van der Waals surface area contributed by atoms with Crippen LogP contribution in [0.1, 0.15) is 38.3 Å². The van der Waals surface area contributed by atoms with Crippen molar-refractivity contribution in [2.24, 2.45) is 0 Å². The first kappa shape index (κ1) is 22.8. The number of hydrogen-bond donors (Lipinski definition) is 1. The van der Waals surface area contributed by atoms with Crippen LogP contribution in [0.25, 0.3) is 0 Å². The van der Waals surface area contributed by atoms with Crippen molar-refractivity contribution in [2.45, 2.75) is 52.2 Å². The Morgan fingerprint density at radius 1 is 1.14 bits per heavy atom. The number of amides is 2. The van der Waals surface area contributed by atoms with Crippen LogP contribution in [0, 0.1) is 0 Å². The molecule has 2 rings (SSSR count). The van der Waals surface area contributed by atoms with E-state index in [2.05, 4.69) is 5.32 Å². The van der Waals surface area contributed by atoms with Crippen molar-refractivity contribution in [3.8, 4) is 5.75 Å². The molecule has 0 fully saturated rings. The van der Waals surface area contributed by atoms with Gasteiger partial charge in [0, 0.05) is 17.6 Å². The normalized spacial score (nSPS) is 12.7. The summed E-state index contributed by atoms with van der Waals surface area (Å²) in [4.78, 5) is 27.5. The molecule has 2 amide bonds. The van der Waals surface area contributed by atoms with E-state index in [9.17, 15) is 9.59 Å². The standard InChI is InChI=1S/C23H29ClN2O3/c1-5-16(2)25-23(28)17(3)26(15-18-9-8-11-20(13-18)29-4)22(27)14-19-10-6-7-12-21(19)24/h6-13,16-17H,5,14-15H2,1-4H3,(H,25,28)/t16-,17-/m0/s1. The summed E-state index contributed by atoms with van der Waals surface area (Å²) in [5.41, 5.74) is 1.63. The van der Waals surface area contributed by atoms with Gasteiger partial charge in [0.15, 0.2) is 0 Å². The van der Waals surface area contributed by atoms with Crippen molar-refractivity contribution >= 4 is 23.4 Å². The average Bonchev–Trinajstić information content (AvgIpc) is 2.73. The SMILES string of the molecule is CC[C@H](C)NC(=O)[C@H](C)N(Cc1cccc(OC)c1)C(=O)Cc1ccccc1Cl. The van der Waals surface area contributed by atoms with Crippen LogP contribution < -0.4 is 10.1 Å². The van der Waals surface area contributed by atoms with Gasteiger partial charge in [-0.3, -0.25) is 9.59 Å². The topological polar surface area (TPSA) is 58.6 Å². The number of methoxy groups -OCH3 is 1. The number of halogens is 1. The molecule has 0 aliphatic heterocycles. The average molecular weight is 417 g/mol. The van der Waals surface area contributed by atoms with Gasteiger partial charge in [-0.2, -0.15) is 0 Å². The molecule has 2 atom stereocenters. The Hall–Kier alpha value is -2.53. The molecular weight excluding hydrogens is 388 g/mol. The number of hydrogen-bond acceptors (Lipinski definition) is 3. The molecule has 0 aromatic heterocycles. The van der Waals surface area contributed by atoms with E-state index < -0.39 is 6.04 Å². The highest BCUT2D eigenvalue weighted by molar-refractivity contribution is 6.31. The Bertz CT molecular complexity index is 840. The fourth-order valence-corrected chi connectivity index (χ4v) is 3.12. The maximum atomic E-state index is 13.2. The summed E-state index contributed by atoms with van der Waals surface area (Å²) in [6, 6.07) is 14.2. The Morgan fingerprint density at radius 3 is 2.52 bits per heavy atom. The van der Waals surface area contributed by atoms with Gasteiger partial charge < -0.3 is 15.0 Å². The first-order valence-corrected chi connectivity index (χ1v) is 10.2. The molecule has 0 saturated heterocycles. The smallest absolute Gasteiger partial charge is 0.242 e. The van der Waals surface area contributed by atoms with Crippen molar-refractivity contribution in [3.05, 3.63) is 64.7 Å². The number of ether oxygens (including phenoxy) is 1. The minimum atomic E-state index is -0.620. The van der Waals surface area contributed by atoms with E-state index in [0.29, 0.717) is 17.3 Å². The maximum Gasteiger partial charge on any atom is 0.242 e. The van der Waals surface area contributed by atoms with Gasteiger partial charge in [0.2, 0.25) is 11.8 Å². The third-order valence-corrected chi connectivity index (χ3v) is 5.32. The van der Waals surface area contributed by atoms with Crippen molar-refractivity contribution in [2.75, 3.05) is 7.11 Å². The quantitative estimate of drug-likeness (QED) is 0.665. The van der Waals surface area contributed by atoms with Crippen molar-refractivity contribution in [1.82, 2.24) is 10.2 Å². The maximum absolute atomic E-state index is 13.2. The molecule has 2 aromatic rings. The molecule has 5 nitrogen and oxygen atoms in total. The Balaban J connectivity index is 2.26. The van der Waals surface area contributed by atoms with Crippen LogP contribution >= 0.6 is 11.6 Å². The molecule has 0 aliphatic rings. The molecule has 0 unspecified atom stereocenters. The first-order chi connectivity index (χ1) is 13.8. The number of benzene rings is 2. The summed E-state index contributed by atoms with van der Waals surface area (Å²) in [7, 11) is 1.60. The highest BCUT2D eigenvalue weighted by Crippen LogP contribution is 2.20. The van der Waals surface area contributed by atoms with Crippen molar-refractivity contribution in [1.29, 1.82) is 0 Å². The fourth-order valence-electron chi connectivity index (χ4n) is 2.92. The molecule has 2 aromatic carbocycles. The molecule has 0 saturated carbocycles. The largest absolute Gasteiger partial charge is 0.497 e. The van der Waals surface area contributed by atoms with Crippen LogP contribution in [0.15, 0.2) is 48.5 Å². The molecular formula is C23H29ClN2O3. The predicted molar refractivity (Wildman–Crippen MR) is 116 cm³/mol. The Kier molecular flexibility index (Phi) is 8.52. The van der Waals surface area contributed by atoms with Gasteiger partial charge in [-0.05, 0) is 49.6 Å². The summed E-state index contributed by atoms with van der Waals surface area (Å²) in [6.07, 6.45) is 0.951. The summed E-state index contributed by atoms with van der Waals surface area (Å²) < 4.78 is 5.28. The van der Waals surface area contributed by atoms with E-state index in [4.69, 9.17) is 16.3 Å². The second-order valence-electron chi connectivity index (χ2n) is 7.14. The summed E-state index contributed by atoms with van der Waals surface area (Å²) in [5, 5.41) is 3.51. The zero-order valence-electron chi connectivity index (χ0n) is 17.4. The molecule has 0 heterocycles. The van der Waals surface area contributed by atoms with Crippen LogP contribution in [-0.4, -0.2) is 35.9 Å². The van der Waals surface area contributed by atoms with Gasteiger partial charge in [-0.15, -0.1) is 0 Å². The van der Waals surface area contributed by atoms with Gasteiger partial charge in [0.05, 0.1) is 13.5 Å². The molecule has 0 aliphatic carbocycles. The minimum absolute atomic E-state index is 0.0438. The zero-order chi connectivity index (χ0) is 21.4. The van der Waals surface area contributed by atoms with Gasteiger partial charge in [-0.25, -0.2) is 0 Å². The van der Waals surface area contributed by atoms with E-state index in [1.165, 1.54) is 0 Å². The lowest BCUT2D eigenvalue weighted by atomic mass is 10.1. The highest BCUT2D eigenvalue weighted by atomic mass is 35.5. The van der Waals surface area contributed by atoms with Crippen LogP contribution in [0.5, 0.6) is 5.75 Å². The molecule has 0 spiro atoms. The van der Waals surface area contributed by atoms with Gasteiger partial charge in [0.25, 0.3) is 0 Å². The molecule has 29 heavy (non-hydrogen) atoms. The molecule has 0 bridgehead atoms. The van der Waals surface area contributed by atoms with Gasteiger partial charge >= 0.3 is 0 Å². The lowest BCUT2D eigenvalue weighted by molar-refractivity contribution is -0.140. The van der Waals surface area contributed by atoms with Crippen LogP contribution in [0.4, 0.5) is 0 Å². The van der Waals surface area contributed by atoms with E-state index in [-0.39, 0.29) is 24.3 Å². The molecule has 0 radical (unpaired) electrons. The van der Waals surface area contributed by atoms with Gasteiger partial charge in [-0.1, -0.05) is 48.9 Å². The third kappa shape index (κ3) is 6.50. The van der Waals surface area contributed by atoms with Crippen molar-refractivity contribution in [3.63, 3.8) is 0 Å². The highest BCUT2D eigenvalue weighted by Gasteiger charge is 2.27. The van der Waals surface area contributed by atoms with E-state index >= 15 is 0 Å².